The lowest BCUT2D eigenvalue weighted by Crippen LogP contribution is -2.42. The first-order chi connectivity index (χ1) is 13.8. The lowest BCUT2D eigenvalue weighted by molar-refractivity contribution is 0.0844. The van der Waals surface area contributed by atoms with E-state index in [0.717, 1.165) is 0 Å². The normalized spacial score (nSPS) is 11.2. The average molecular weight is 481 g/mol. The number of rotatable bonds is 6. The van der Waals surface area contributed by atoms with E-state index in [0.29, 0.717) is 15.8 Å². The number of halogens is 1. The van der Waals surface area contributed by atoms with Crippen molar-refractivity contribution in [2.24, 2.45) is 0 Å². The molecule has 0 spiro atoms. The second kappa shape index (κ2) is 8.64. The topological polar surface area (TPSA) is 133 Å². The van der Waals surface area contributed by atoms with Gasteiger partial charge in [-0.05, 0) is 58.7 Å². The van der Waals surface area contributed by atoms with Gasteiger partial charge in [0.2, 0.25) is 10.0 Å². The minimum atomic E-state index is -3.87. The Hall–Kier alpha value is -2.89. The molecule has 0 saturated heterocycles. The molecule has 4 N–H and O–H groups in total. The van der Waals surface area contributed by atoms with E-state index in [-0.39, 0.29) is 22.7 Å². The Balaban J connectivity index is 1.70. The Labute approximate surface area is 175 Å². The van der Waals surface area contributed by atoms with E-state index in [1.165, 1.54) is 24.5 Å². The zero-order valence-electron chi connectivity index (χ0n) is 15.2. The summed E-state index contributed by atoms with van der Waals surface area (Å²) in [5.74, 6) is -0.743. The first kappa shape index (κ1) is 20.8. The van der Waals surface area contributed by atoms with Gasteiger partial charge in [0.1, 0.15) is 11.5 Å². The molecule has 0 atom stereocenters. The van der Waals surface area contributed by atoms with Crippen molar-refractivity contribution in [3.8, 4) is 0 Å². The predicted molar refractivity (Wildman–Crippen MR) is 107 cm³/mol. The lowest BCUT2D eigenvalue weighted by atomic mass is 10.1. The third kappa shape index (κ3) is 5.13. The first-order valence-electron chi connectivity index (χ1n) is 8.33. The van der Waals surface area contributed by atoms with Crippen molar-refractivity contribution < 1.29 is 22.4 Å². The number of benzene rings is 1. The van der Waals surface area contributed by atoms with Crippen molar-refractivity contribution in [3.05, 3.63) is 75.9 Å². The van der Waals surface area contributed by atoms with Crippen LogP contribution in [-0.2, 0) is 16.6 Å². The molecule has 0 aliphatic heterocycles. The quantitative estimate of drug-likeness (QED) is 0.401. The van der Waals surface area contributed by atoms with E-state index in [1.807, 2.05) is 0 Å². The third-order valence-corrected chi connectivity index (χ3v) is 5.82. The zero-order chi connectivity index (χ0) is 21.0. The molecule has 29 heavy (non-hydrogen) atoms. The van der Waals surface area contributed by atoms with Gasteiger partial charge in [-0.25, -0.2) is 13.1 Å². The molecule has 0 aliphatic rings. The summed E-state index contributed by atoms with van der Waals surface area (Å²) in [7, 11) is -3.87. The summed E-state index contributed by atoms with van der Waals surface area (Å²) in [6.07, 6.45) is 3.02. The number of carbonyl (C=O) groups is 2. The maximum Gasteiger partial charge on any atom is 0.286 e. The van der Waals surface area contributed by atoms with Gasteiger partial charge >= 0.3 is 0 Å². The monoisotopic (exact) mass is 480 g/mol. The Morgan fingerprint density at radius 3 is 2.55 bits per heavy atom. The molecule has 9 nitrogen and oxygen atoms in total. The number of furan rings is 1. The standard InChI is InChI=1S/C18H17BrN4O5S/c1-11-4-5-14(29(26,27)21-10-13-3-2-6-28-13)8-15(11)17(24)22-23-18(25)16-7-12(19)9-20-16/h2-9,20-21H,10H2,1H3,(H,22,24)(H,23,25). The highest BCUT2D eigenvalue weighted by Crippen LogP contribution is 2.16. The summed E-state index contributed by atoms with van der Waals surface area (Å²) >= 11 is 3.21. The van der Waals surface area contributed by atoms with Crippen LogP contribution in [0.2, 0.25) is 0 Å². The van der Waals surface area contributed by atoms with Crippen molar-refractivity contribution in [2.75, 3.05) is 0 Å². The number of hydrogen-bond donors (Lipinski definition) is 4. The van der Waals surface area contributed by atoms with Crippen LogP contribution in [0.25, 0.3) is 0 Å². The van der Waals surface area contributed by atoms with Gasteiger partial charge in [0.05, 0.1) is 17.7 Å². The van der Waals surface area contributed by atoms with Crippen molar-refractivity contribution in [1.29, 1.82) is 0 Å². The Morgan fingerprint density at radius 2 is 1.90 bits per heavy atom. The van der Waals surface area contributed by atoms with Gasteiger partial charge in [-0.2, -0.15) is 0 Å². The van der Waals surface area contributed by atoms with E-state index in [2.05, 4.69) is 36.5 Å². The highest BCUT2D eigenvalue weighted by Gasteiger charge is 2.19. The molecule has 152 valence electrons. The van der Waals surface area contributed by atoms with Gasteiger partial charge in [0.15, 0.2) is 0 Å². The number of aryl methyl sites for hydroxylation is 1. The molecule has 11 heteroatoms. The van der Waals surface area contributed by atoms with E-state index in [1.54, 1.807) is 31.3 Å². The van der Waals surface area contributed by atoms with Gasteiger partial charge < -0.3 is 9.40 Å². The van der Waals surface area contributed by atoms with Crippen molar-refractivity contribution in [2.45, 2.75) is 18.4 Å². The Kier molecular flexibility index (Phi) is 6.20. The maximum atomic E-state index is 12.5. The molecule has 0 unspecified atom stereocenters. The van der Waals surface area contributed by atoms with Gasteiger partial charge in [-0.3, -0.25) is 20.4 Å². The fraction of sp³-hybridized carbons (Fsp3) is 0.111. The number of carbonyl (C=O) groups excluding carboxylic acids is 2. The molecule has 1 aromatic carbocycles. The number of hydrazine groups is 1. The van der Waals surface area contributed by atoms with Crippen LogP contribution in [0.3, 0.4) is 0 Å². The molecule has 0 aliphatic carbocycles. The van der Waals surface area contributed by atoms with Crippen molar-refractivity contribution in [1.82, 2.24) is 20.6 Å². The lowest BCUT2D eigenvalue weighted by Gasteiger charge is -2.11. The van der Waals surface area contributed by atoms with Crippen LogP contribution in [-0.4, -0.2) is 25.2 Å². The van der Waals surface area contributed by atoms with Crippen LogP contribution in [0.15, 0.2) is 62.6 Å². The SMILES string of the molecule is Cc1ccc(S(=O)(=O)NCc2ccco2)cc1C(=O)NNC(=O)c1cc(Br)c[nH]1. The summed E-state index contributed by atoms with van der Waals surface area (Å²) < 4.78 is 33.2. The number of H-pyrrole nitrogens is 1. The summed E-state index contributed by atoms with van der Waals surface area (Å²) in [4.78, 5) is 27.1. The second-order valence-corrected chi connectivity index (χ2v) is 8.70. The Bertz CT molecular complexity index is 1140. The van der Waals surface area contributed by atoms with E-state index in [4.69, 9.17) is 4.42 Å². The molecule has 0 bridgehead atoms. The molecule has 0 saturated carbocycles. The molecule has 0 fully saturated rings. The van der Waals surface area contributed by atoms with E-state index >= 15 is 0 Å². The molecule has 3 rings (SSSR count). The molecule has 0 radical (unpaired) electrons. The average Bonchev–Trinajstić information content (AvgIpc) is 3.36. The van der Waals surface area contributed by atoms with Gasteiger partial charge in [-0.1, -0.05) is 6.07 Å². The zero-order valence-corrected chi connectivity index (χ0v) is 17.6. The molecule has 2 amide bonds. The minimum absolute atomic E-state index is 0.0213. The van der Waals surface area contributed by atoms with Crippen molar-refractivity contribution in [3.63, 3.8) is 0 Å². The number of nitrogens with one attached hydrogen (secondary N) is 4. The van der Waals surface area contributed by atoms with Crippen molar-refractivity contribution >= 4 is 37.8 Å². The number of aromatic amines is 1. The number of hydrogen-bond acceptors (Lipinski definition) is 5. The van der Waals surface area contributed by atoms with Gasteiger partial charge in [-0.15, -0.1) is 0 Å². The summed E-state index contributed by atoms with van der Waals surface area (Å²) in [6.45, 7) is 1.64. The molecule has 2 heterocycles. The van der Waals surface area contributed by atoms with Crippen LogP contribution in [0.1, 0.15) is 32.2 Å². The number of aromatic nitrogens is 1. The van der Waals surface area contributed by atoms with Crippen LogP contribution >= 0.6 is 15.9 Å². The summed E-state index contributed by atoms with van der Waals surface area (Å²) in [5, 5.41) is 0. The Morgan fingerprint density at radius 1 is 1.14 bits per heavy atom. The van der Waals surface area contributed by atoms with Crippen LogP contribution in [0.5, 0.6) is 0 Å². The van der Waals surface area contributed by atoms with Gasteiger partial charge in [0.25, 0.3) is 11.8 Å². The fourth-order valence-electron chi connectivity index (χ4n) is 2.42. The van der Waals surface area contributed by atoms with Crippen LogP contribution in [0, 0.1) is 6.92 Å². The fourth-order valence-corrected chi connectivity index (χ4v) is 3.79. The number of amides is 2. The number of sulfonamides is 1. The highest BCUT2D eigenvalue weighted by atomic mass is 79.9. The molecular formula is C18H17BrN4O5S. The predicted octanol–water partition coefficient (Wildman–Crippen LogP) is 2.23. The minimum Gasteiger partial charge on any atom is -0.468 e. The highest BCUT2D eigenvalue weighted by molar-refractivity contribution is 9.10. The largest absolute Gasteiger partial charge is 0.468 e. The maximum absolute atomic E-state index is 12.5. The van der Waals surface area contributed by atoms with E-state index in [9.17, 15) is 18.0 Å². The summed E-state index contributed by atoms with van der Waals surface area (Å²) in [6, 6.07) is 8.99. The van der Waals surface area contributed by atoms with E-state index < -0.39 is 21.8 Å². The molecule has 2 aromatic heterocycles. The third-order valence-electron chi connectivity index (χ3n) is 3.96. The molecule has 3 aromatic rings. The van der Waals surface area contributed by atoms with Crippen LogP contribution in [0.4, 0.5) is 0 Å². The summed E-state index contributed by atoms with van der Waals surface area (Å²) in [5.41, 5.74) is 5.45. The molecular weight excluding hydrogens is 464 g/mol. The second-order valence-electron chi connectivity index (χ2n) is 6.02. The van der Waals surface area contributed by atoms with Gasteiger partial charge in [0, 0.05) is 16.2 Å². The smallest absolute Gasteiger partial charge is 0.286 e. The van der Waals surface area contributed by atoms with Crippen LogP contribution < -0.4 is 15.6 Å². The first-order valence-corrected chi connectivity index (χ1v) is 10.6.